The van der Waals surface area contributed by atoms with Crippen LogP contribution in [0, 0.1) is 0 Å². The van der Waals surface area contributed by atoms with Gasteiger partial charge in [0.25, 0.3) is 0 Å². The van der Waals surface area contributed by atoms with Crippen LogP contribution in [0.4, 0.5) is 0 Å². The Morgan fingerprint density at radius 3 is 2.91 bits per heavy atom. The molecule has 2 fully saturated rings. The molecule has 1 aliphatic carbocycles. The van der Waals surface area contributed by atoms with Crippen LogP contribution in [0.25, 0.3) is 0 Å². The van der Waals surface area contributed by atoms with Gasteiger partial charge in [-0.1, -0.05) is 0 Å². The lowest BCUT2D eigenvalue weighted by Gasteiger charge is -2.35. The highest BCUT2D eigenvalue weighted by Gasteiger charge is 2.34. The summed E-state index contributed by atoms with van der Waals surface area (Å²) in [7, 11) is 0. The molecule has 1 saturated heterocycles. The van der Waals surface area contributed by atoms with Crippen LogP contribution < -0.4 is 5.32 Å². The van der Waals surface area contributed by atoms with E-state index in [0.717, 1.165) is 25.7 Å². The molecule has 0 spiro atoms. The van der Waals surface area contributed by atoms with Gasteiger partial charge in [0.2, 0.25) is 0 Å². The Hall–Kier alpha value is -0.120. The molecule has 3 heteroatoms. The quantitative estimate of drug-likeness (QED) is 0.561. The standard InChI is InChI=1S/C8H16N2O/c11-6-8-5-9-3-4-10(8)7-1-2-7/h7-9,11H,1-6H2/t8-/m0/s1. The second-order valence-corrected chi connectivity index (χ2v) is 3.51. The summed E-state index contributed by atoms with van der Waals surface area (Å²) in [4.78, 5) is 2.45. The summed E-state index contributed by atoms with van der Waals surface area (Å²) in [6.07, 6.45) is 2.69. The van der Waals surface area contributed by atoms with Gasteiger partial charge in [-0.3, -0.25) is 4.90 Å². The Bertz CT molecular complexity index is 136. The first-order valence-electron chi connectivity index (χ1n) is 4.49. The van der Waals surface area contributed by atoms with E-state index < -0.39 is 0 Å². The van der Waals surface area contributed by atoms with Gasteiger partial charge in [0.15, 0.2) is 0 Å². The van der Waals surface area contributed by atoms with Gasteiger partial charge in [-0.25, -0.2) is 0 Å². The number of aliphatic hydroxyl groups is 1. The van der Waals surface area contributed by atoms with Crippen LogP contribution in [-0.4, -0.2) is 48.3 Å². The molecule has 1 saturated carbocycles. The molecule has 1 atom stereocenters. The number of hydrogen-bond acceptors (Lipinski definition) is 3. The second kappa shape index (κ2) is 3.09. The molecule has 3 nitrogen and oxygen atoms in total. The number of rotatable bonds is 2. The van der Waals surface area contributed by atoms with E-state index in [1.807, 2.05) is 0 Å². The van der Waals surface area contributed by atoms with E-state index in [4.69, 9.17) is 5.11 Å². The third kappa shape index (κ3) is 1.55. The summed E-state index contributed by atoms with van der Waals surface area (Å²) in [6.45, 7) is 3.49. The van der Waals surface area contributed by atoms with E-state index in [1.165, 1.54) is 12.8 Å². The molecule has 1 aliphatic heterocycles. The van der Waals surface area contributed by atoms with Crippen molar-refractivity contribution in [2.45, 2.75) is 24.9 Å². The highest BCUT2D eigenvalue weighted by atomic mass is 16.3. The highest BCUT2D eigenvalue weighted by molar-refractivity contribution is 4.91. The zero-order chi connectivity index (χ0) is 7.68. The van der Waals surface area contributed by atoms with Crippen molar-refractivity contribution < 1.29 is 5.11 Å². The lowest BCUT2D eigenvalue weighted by molar-refractivity contribution is 0.0940. The fraction of sp³-hybridized carbons (Fsp3) is 1.00. The van der Waals surface area contributed by atoms with Crippen molar-refractivity contribution in [1.82, 2.24) is 10.2 Å². The molecule has 2 aliphatic rings. The maximum atomic E-state index is 9.06. The molecule has 64 valence electrons. The fourth-order valence-corrected chi connectivity index (χ4v) is 1.83. The molecule has 0 bridgehead atoms. The van der Waals surface area contributed by atoms with Crippen LogP contribution in [0.15, 0.2) is 0 Å². The van der Waals surface area contributed by atoms with Crippen molar-refractivity contribution in [2.24, 2.45) is 0 Å². The Morgan fingerprint density at radius 2 is 2.27 bits per heavy atom. The van der Waals surface area contributed by atoms with Crippen LogP contribution in [0.1, 0.15) is 12.8 Å². The minimum absolute atomic E-state index is 0.309. The van der Waals surface area contributed by atoms with Gasteiger partial charge in [-0.05, 0) is 12.8 Å². The minimum atomic E-state index is 0.309. The van der Waals surface area contributed by atoms with E-state index >= 15 is 0 Å². The molecule has 0 radical (unpaired) electrons. The zero-order valence-electron chi connectivity index (χ0n) is 6.79. The number of hydrogen-bond donors (Lipinski definition) is 2. The maximum absolute atomic E-state index is 9.06. The number of nitrogens with zero attached hydrogens (tertiary/aromatic N) is 1. The molecular weight excluding hydrogens is 140 g/mol. The third-order valence-electron chi connectivity index (χ3n) is 2.62. The van der Waals surface area contributed by atoms with Crippen molar-refractivity contribution in [2.75, 3.05) is 26.2 Å². The normalized spacial score (nSPS) is 34.1. The van der Waals surface area contributed by atoms with Crippen molar-refractivity contribution in [3.05, 3.63) is 0 Å². The molecule has 2 N–H and O–H groups in total. The molecule has 1 heterocycles. The summed E-state index contributed by atoms with van der Waals surface area (Å²) in [6, 6.07) is 1.19. The molecule has 0 aromatic heterocycles. The first kappa shape index (κ1) is 7.53. The Kier molecular flexibility index (Phi) is 2.11. The summed E-state index contributed by atoms with van der Waals surface area (Å²) >= 11 is 0. The van der Waals surface area contributed by atoms with Crippen LogP contribution in [0.3, 0.4) is 0 Å². The SMILES string of the molecule is OC[C@@H]1CNCCN1C1CC1. The molecule has 0 aromatic carbocycles. The molecule has 0 amide bonds. The van der Waals surface area contributed by atoms with E-state index in [2.05, 4.69) is 10.2 Å². The van der Waals surface area contributed by atoms with Gasteiger partial charge >= 0.3 is 0 Å². The number of aliphatic hydroxyl groups excluding tert-OH is 1. The van der Waals surface area contributed by atoms with Gasteiger partial charge in [0, 0.05) is 31.7 Å². The topological polar surface area (TPSA) is 35.5 Å². The first-order valence-corrected chi connectivity index (χ1v) is 4.49. The Labute approximate surface area is 67.4 Å². The molecule has 2 rings (SSSR count). The monoisotopic (exact) mass is 156 g/mol. The number of piperazine rings is 1. The van der Waals surface area contributed by atoms with Gasteiger partial charge in [-0.2, -0.15) is 0 Å². The Balaban J connectivity index is 1.91. The van der Waals surface area contributed by atoms with Crippen LogP contribution in [0.5, 0.6) is 0 Å². The van der Waals surface area contributed by atoms with E-state index in [1.54, 1.807) is 0 Å². The predicted octanol–water partition coefficient (Wildman–Crippen LogP) is -0.585. The minimum Gasteiger partial charge on any atom is -0.395 e. The van der Waals surface area contributed by atoms with Crippen LogP contribution in [-0.2, 0) is 0 Å². The third-order valence-corrected chi connectivity index (χ3v) is 2.62. The molecule has 0 unspecified atom stereocenters. The molecular formula is C8H16N2O. The first-order chi connectivity index (χ1) is 5.42. The highest BCUT2D eigenvalue weighted by Crippen LogP contribution is 2.28. The fourth-order valence-electron chi connectivity index (χ4n) is 1.83. The van der Waals surface area contributed by atoms with Crippen LogP contribution in [0.2, 0.25) is 0 Å². The van der Waals surface area contributed by atoms with Crippen molar-refractivity contribution in [3.8, 4) is 0 Å². The van der Waals surface area contributed by atoms with Crippen molar-refractivity contribution in [3.63, 3.8) is 0 Å². The lowest BCUT2D eigenvalue weighted by atomic mass is 10.2. The van der Waals surface area contributed by atoms with Gasteiger partial charge < -0.3 is 10.4 Å². The average molecular weight is 156 g/mol. The lowest BCUT2D eigenvalue weighted by Crippen LogP contribution is -2.53. The second-order valence-electron chi connectivity index (χ2n) is 3.51. The van der Waals surface area contributed by atoms with E-state index in [9.17, 15) is 0 Å². The average Bonchev–Trinajstić information content (AvgIpc) is 2.87. The maximum Gasteiger partial charge on any atom is 0.0599 e. The summed E-state index contributed by atoms with van der Waals surface area (Å²) in [5.74, 6) is 0. The van der Waals surface area contributed by atoms with Gasteiger partial charge in [-0.15, -0.1) is 0 Å². The predicted molar refractivity (Wildman–Crippen MR) is 43.5 cm³/mol. The Morgan fingerprint density at radius 1 is 1.45 bits per heavy atom. The van der Waals surface area contributed by atoms with Crippen molar-refractivity contribution >= 4 is 0 Å². The molecule has 11 heavy (non-hydrogen) atoms. The van der Waals surface area contributed by atoms with Gasteiger partial charge in [0.1, 0.15) is 0 Å². The molecule has 0 aromatic rings. The van der Waals surface area contributed by atoms with Crippen LogP contribution >= 0.6 is 0 Å². The summed E-state index contributed by atoms with van der Waals surface area (Å²) in [5.41, 5.74) is 0. The summed E-state index contributed by atoms with van der Waals surface area (Å²) in [5, 5.41) is 12.4. The largest absolute Gasteiger partial charge is 0.395 e. The van der Waals surface area contributed by atoms with Crippen molar-refractivity contribution in [1.29, 1.82) is 0 Å². The smallest absolute Gasteiger partial charge is 0.0599 e. The van der Waals surface area contributed by atoms with E-state index in [-0.39, 0.29) is 0 Å². The summed E-state index contributed by atoms with van der Waals surface area (Å²) < 4.78 is 0. The zero-order valence-corrected chi connectivity index (χ0v) is 6.79. The number of nitrogens with one attached hydrogen (secondary N) is 1. The van der Waals surface area contributed by atoms with Gasteiger partial charge in [0.05, 0.1) is 6.61 Å². The van der Waals surface area contributed by atoms with E-state index in [0.29, 0.717) is 12.6 Å².